The fourth-order valence-electron chi connectivity index (χ4n) is 3.28. The summed E-state index contributed by atoms with van der Waals surface area (Å²) in [6, 6.07) is 7.97. The van der Waals surface area contributed by atoms with Gasteiger partial charge in [0.1, 0.15) is 5.75 Å². The van der Waals surface area contributed by atoms with E-state index in [1.54, 1.807) is 14.2 Å². The minimum atomic E-state index is 0.282. The average molecular weight is 319 g/mol. The Morgan fingerprint density at radius 3 is 3.00 bits per heavy atom. The van der Waals surface area contributed by atoms with Gasteiger partial charge < -0.3 is 14.4 Å². The number of benzene rings is 1. The quantitative estimate of drug-likeness (QED) is 0.690. The van der Waals surface area contributed by atoms with Crippen LogP contribution in [0.4, 0.5) is 0 Å². The first-order chi connectivity index (χ1) is 11.2. The van der Waals surface area contributed by atoms with Gasteiger partial charge in [-0.2, -0.15) is 0 Å². The Balaban J connectivity index is 1.78. The molecule has 1 amide bonds. The van der Waals surface area contributed by atoms with Gasteiger partial charge in [0, 0.05) is 33.2 Å². The lowest BCUT2D eigenvalue weighted by molar-refractivity contribution is -0.133. The first-order valence-electron chi connectivity index (χ1n) is 8.62. The number of rotatable bonds is 8. The van der Waals surface area contributed by atoms with E-state index in [9.17, 15) is 4.79 Å². The molecule has 1 aromatic rings. The van der Waals surface area contributed by atoms with E-state index in [-0.39, 0.29) is 5.91 Å². The summed E-state index contributed by atoms with van der Waals surface area (Å²) in [5.74, 6) is 1.77. The number of carbonyl (C=O) groups excluding carboxylic acids is 1. The van der Waals surface area contributed by atoms with Crippen molar-refractivity contribution in [3.05, 3.63) is 29.8 Å². The van der Waals surface area contributed by atoms with Crippen LogP contribution in [-0.4, -0.2) is 44.7 Å². The van der Waals surface area contributed by atoms with Gasteiger partial charge in [0.2, 0.25) is 5.91 Å². The van der Waals surface area contributed by atoms with Crippen LogP contribution < -0.4 is 4.74 Å². The molecule has 0 aromatic heterocycles. The van der Waals surface area contributed by atoms with Crippen molar-refractivity contribution in [1.29, 1.82) is 0 Å². The maximum atomic E-state index is 12.5. The van der Waals surface area contributed by atoms with Gasteiger partial charge in [0.25, 0.3) is 0 Å². The smallest absolute Gasteiger partial charge is 0.222 e. The van der Waals surface area contributed by atoms with E-state index in [2.05, 4.69) is 11.0 Å². The zero-order valence-electron chi connectivity index (χ0n) is 14.4. The minimum absolute atomic E-state index is 0.282. The van der Waals surface area contributed by atoms with E-state index in [4.69, 9.17) is 9.47 Å². The standard InChI is InChI=1S/C19H29NO3/c1-22-13-5-8-17-7-4-12-20(15-17)19(21)11-10-16-6-3-9-18(14-16)23-2/h3,6,9,14,17H,4-5,7-8,10-13,15H2,1-2H3/t17-/m1/s1. The first kappa shape index (κ1) is 17.8. The molecule has 128 valence electrons. The molecule has 0 radical (unpaired) electrons. The predicted octanol–water partition coefficient (Wildman–Crippen LogP) is 3.29. The molecule has 1 aromatic carbocycles. The number of hydrogen-bond donors (Lipinski definition) is 0. The molecule has 23 heavy (non-hydrogen) atoms. The molecular weight excluding hydrogens is 290 g/mol. The molecule has 4 heteroatoms. The Kier molecular flexibility index (Phi) is 7.40. The first-order valence-corrected chi connectivity index (χ1v) is 8.62. The van der Waals surface area contributed by atoms with E-state index in [0.29, 0.717) is 12.3 Å². The van der Waals surface area contributed by atoms with Crippen molar-refractivity contribution in [2.24, 2.45) is 5.92 Å². The number of methoxy groups -OCH3 is 2. The SMILES string of the molecule is COCCC[C@H]1CCCN(C(=O)CCc2cccc(OC)c2)C1. The van der Waals surface area contributed by atoms with E-state index in [0.717, 1.165) is 56.7 Å². The molecule has 4 nitrogen and oxygen atoms in total. The van der Waals surface area contributed by atoms with Gasteiger partial charge in [-0.3, -0.25) is 4.79 Å². The third-order valence-electron chi connectivity index (χ3n) is 4.59. The van der Waals surface area contributed by atoms with Gasteiger partial charge in [-0.15, -0.1) is 0 Å². The molecule has 0 spiro atoms. The highest BCUT2D eigenvalue weighted by Crippen LogP contribution is 2.22. The zero-order valence-corrected chi connectivity index (χ0v) is 14.4. The molecule has 0 unspecified atom stereocenters. The summed E-state index contributed by atoms with van der Waals surface area (Å²) in [7, 11) is 3.41. The lowest BCUT2D eigenvalue weighted by Gasteiger charge is -2.33. The van der Waals surface area contributed by atoms with E-state index >= 15 is 0 Å². The lowest BCUT2D eigenvalue weighted by atomic mass is 9.93. The molecule has 1 fully saturated rings. The van der Waals surface area contributed by atoms with Crippen LogP contribution >= 0.6 is 0 Å². The molecule has 1 aliphatic rings. The third kappa shape index (κ3) is 5.87. The van der Waals surface area contributed by atoms with Crippen LogP contribution in [0.5, 0.6) is 5.75 Å². The second-order valence-corrected chi connectivity index (χ2v) is 6.33. The molecule has 1 aliphatic heterocycles. The molecule has 1 saturated heterocycles. The fourth-order valence-corrected chi connectivity index (χ4v) is 3.28. The van der Waals surface area contributed by atoms with Crippen LogP contribution in [0.2, 0.25) is 0 Å². The Bertz CT molecular complexity index is 489. The van der Waals surface area contributed by atoms with Gasteiger partial charge in [-0.25, -0.2) is 0 Å². The lowest BCUT2D eigenvalue weighted by Crippen LogP contribution is -2.40. The van der Waals surface area contributed by atoms with Gasteiger partial charge in [-0.05, 0) is 55.7 Å². The zero-order chi connectivity index (χ0) is 16.5. The average Bonchev–Trinajstić information content (AvgIpc) is 2.60. The number of nitrogens with zero attached hydrogens (tertiary/aromatic N) is 1. The number of amides is 1. The fraction of sp³-hybridized carbons (Fsp3) is 0.632. The highest BCUT2D eigenvalue weighted by Gasteiger charge is 2.23. The summed E-state index contributed by atoms with van der Waals surface area (Å²) in [6.45, 7) is 2.65. The predicted molar refractivity (Wildman–Crippen MR) is 91.7 cm³/mol. The second-order valence-electron chi connectivity index (χ2n) is 6.33. The number of carbonyl (C=O) groups is 1. The normalized spacial score (nSPS) is 18.0. The maximum absolute atomic E-state index is 12.5. The Morgan fingerprint density at radius 1 is 1.35 bits per heavy atom. The summed E-state index contributed by atoms with van der Waals surface area (Å²) >= 11 is 0. The van der Waals surface area contributed by atoms with Gasteiger partial charge in [0.05, 0.1) is 7.11 Å². The van der Waals surface area contributed by atoms with Gasteiger partial charge in [0.15, 0.2) is 0 Å². The second kappa shape index (κ2) is 9.56. The molecule has 1 atom stereocenters. The Labute approximate surface area is 139 Å². The summed E-state index contributed by atoms with van der Waals surface area (Å²) in [5.41, 5.74) is 1.16. The van der Waals surface area contributed by atoms with Crippen LogP contribution in [0, 0.1) is 5.92 Å². The van der Waals surface area contributed by atoms with Crippen LogP contribution in [0.25, 0.3) is 0 Å². The number of hydrogen-bond acceptors (Lipinski definition) is 3. The number of ether oxygens (including phenoxy) is 2. The molecule has 2 rings (SSSR count). The molecule has 0 N–H and O–H groups in total. The summed E-state index contributed by atoms with van der Waals surface area (Å²) in [5, 5.41) is 0. The van der Waals surface area contributed by atoms with Gasteiger partial charge in [-0.1, -0.05) is 12.1 Å². The van der Waals surface area contributed by atoms with Crippen molar-refractivity contribution in [3.63, 3.8) is 0 Å². The van der Waals surface area contributed by atoms with Crippen LogP contribution in [0.3, 0.4) is 0 Å². The topological polar surface area (TPSA) is 38.8 Å². The van der Waals surface area contributed by atoms with Crippen molar-refractivity contribution in [2.75, 3.05) is 33.9 Å². The Hall–Kier alpha value is -1.55. The van der Waals surface area contributed by atoms with E-state index in [1.807, 2.05) is 18.2 Å². The molecule has 0 bridgehead atoms. The van der Waals surface area contributed by atoms with E-state index < -0.39 is 0 Å². The highest BCUT2D eigenvalue weighted by molar-refractivity contribution is 5.76. The number of likely N-dealkylation sites (tertiary alicyclic amines) is 1. The van der Waals surface area contributed by atoms with Crippen LogP contribution in [0.1, 0.15) is 37.7 Å². The summed E-state index contributed by atoms with van der Waals surface area (Å²) < 4.78 is 10.4. The summed E-state index contributed by atoms with van der Waals surface area (Å²) in [4.78, 5) is 14.5. The largest absolute Gasteiger partial charge is 0.497 e. The highest BCUT2D eigenvalue weighted by atomic mass is 16.5. The molecule has 0 aliphatic carbocycles. The van der Waals surface area contributed by atoms with Crippen molar-refractivity contribution in [1.82, 2.24) is 4.90 Å². The number of piperidine rings is 1. The van der Waals surface area contributed by atoms with Crippen molar-refractivity contribution >= 4 is 5.91 Å². The minimum Gasteiger partial charge on any atom is -0.497 e. The summed E-state index contributed by atoms with van der Waals surface area (Å²) in [6.07, 6.45) is 5.98. The third-order valence-corrected chi connectivity index (χ3v) is 4.59. The maximum Gasteiger partial charge on any atom is 0.222 e. The number of aryl methyl sites for hydroxylation is 1. The van der Waals surface area contributed by atoms with Crippen molar-refractivity contribution in [2.45, 2.75) is 38.5 Å². The molecular formula is C19H29NO3. The van der Waals surface area contributed by atoms with Crippen molar-refractivity contribution < 1.29 is 14.3 Å². The monoisotopic (exact) mass is 319 g/mol. The van der Waals surface area contributed by atoms with Crippen LogP contribution in [0.15, 0.2) is 24.3 Å². The van der Waals surface area contributed by atoms with Crippen molar-refractivity contribution in [3.8, 4) is 5.75 Å². The Morgan fingerprint density at radius 2 is 2.22 bits per heavy atom. The molecule has 0 saturated carbocycles. The molecule has 1 heterocycles. The van der Waals surface area contributed by atoms with Crippen LogP contribution in [-0.2, 0) is 16.0 Å². The van der Waals surface area contributed by atoms with Gasteiger partial charge >= 0.3 is 0 Å². The van der Waals surface area contributed by atoms with E-state index in [1.165, 1.54) is 6.42 Å².